The Morgan fingerprint density at radius 2 is 1.91 bits per heavy atom. The molecule has 1 spiro atoms. The number of anilines is 1. The van der Waals surface area contributed by atoms with Crippen LogP contribution in [0.15, 0.2) is 47.2 Å². The zero-order chi connectivity index (χ0) is 23.6. The van der Waals surface area contributed by atoms with Gasteiger partial charge >= 0.3 is 0 Å². The Bertz CT molecular complexity index is 1120. The minimum atomic E-state index is -2.92. The molecule has 4 rings (SSSR count). The van der Waals surface area contributed by atoms with Gasteiger partial charge in [0.05, 0.1) is 0 Å². The fourth-order valence-corrected chi connectivity index (χ4v) is 5.46. The molecule has 0 fully saturated rings. The van der Waals surface area contributed by atoms with Gasteiger partial charge in [0, 0.05) is 18.4 Å². The van der Waals surface area contributed by atoms with E-state index in [1.807, 2.05) is 0 Å². The maximum absolute atomic E-state index is 11.6. The van der Waals surface area contributed by atoms with E-state index in [0.717, 1.165) is 49.8 Å². The lowest BCUT2D eigenvalue weighted by Gasteiger charge is -2.28. The molecule has 3 atom stereocenters. The van der Waals surface area contributed by atoms with Gasteiger partial charge in [-0.1, -0.05) is 51.0 Å². The molecular weight excluding hydrogens is 435 g/mol. The highest BCUT2D eigenvalue weighted by atomic mass is 31.2. The van der Waals surface area contributed by atoms with Crippen molar-refractivity contribution in [3.05, 3.63) is 53.4 Å². The van der Waals surface area contributed by atoms with Gasteiger partial charge in [-0.05, 0) is 48.8 Å². The van der Waals surface area contributed by atoms with Crippen LogP contribution in [0.2, 0.25) is 0 Å². The molecule has 33 heavy (non-hydrogen) atoms. The summed E-state index contributed by atoms with van der Waals surface area (Å²) in [5, 5.41) is 0. The number of hydrogen-bond acceptors (Lipinski definition) is 6. The average Bonchev–Trinajstić information content (AvgIpc) is 3.48. The first kappa shape index (κ1) is 23.7. The van der Waals surface area contributed by atoms with E-state index in [-0.39, 0.29) is 0 Å². The van der Waals surface area contributed by atoms with Crippen LogP contribution in [-0.2, 0) is 4.57 Å². The van der Waals surface area contributed by atoms with Crippen molar-refractivity contribution < 1.29 is 14.2 Å². The number of rotatable bonds is 10. The second-order valence-corrected chi connectivity index (χ2v) is 11.7. The van der Waals surface area contributed by atoms with Crippen molar-refractivity contribution in [1.82, 2.24) is 9.97 Å². The maximum Gasteiger partial charge on any atom is 0.246 e. The van der Waals surface area contributed by atoms with E-state index in [4.69, 9.17) is 15.5 Å². The third kappa shape index (κ3) is 5.04. The van der Waals surface area contributed by atoms with Gasteiger partial charge < -0.3 is 15.4 Å². The monoisotopic (exact) mass is 468 g/mol. The van der Waals surface area contributed by atoms with Crippen LogP contribution in [0.5, 0.6) is 5.88 Å². The number of fused-ring (bicyclic) bond motifs is 1. The Morgan fingerprint density at radius 3 is 2.55 bits per heavy atom. The highest BCUT2D eigenvalue weighted by molar-refractivity contribution is 7.57. The van der Waals surface area contributed by atoms with Crippen molar-refractivity contribution in [2.45, 2.75) is 63.9 Å². The number of nitrogens with two attached hydrogens (primary N) is 1. The van der Waals surface area contributed by atoms with E-state index >= 15 is 0 Å². The summed E-state index contributed by atoms with van der Waals surface area (Å²) in [6.45, 7) is 5.75. The Labute approximate surface area is 195 Å². The van der Waals surface area contributed by atoms with Crippen LogP contribution in [0.1, 0.15) is 69.4 Å². The molecule has 2 aromatic rings. The lowest BCUT2D eigenvalue weighted by atomic mass is 9.88. The number of ether oxygens (including phenoxy) is 1. The van der Waals surface area contributed by atoms with Gasteiger partial charge in [-0.25, -0.2) is 9.98 Å². The maximum atomic E-state index is 11.6. The molecule has 1 aromatic heterocycles. The van der Waals surface area contributed by atoms with E-state index < -0.39 is 13.0 Å². The number of aromatic nitrogens is 2. The predicted molar refractivity (Wildman–Crippen MR) is 133 cm³/mol. The molecule has 1 aromatic carbocycles. The second kappa shape index (κ2) is 9.40. The van der Waals surface area contributed by atoms with E-state index in [0.29, 0.717) is 29.5 Å². The van der Waals surface area contributed by atoms with E-state index in [1.54, 1.807) is 0 Å². The van der Waals surface area contributed by atoms with Gasteiger partial charge in [-0.15, -0.1) is 0 Å². The summed E-state index contributed by atoms with van der Waals surface area (Å²) >= 11 is 0. The SMILES string of the molecule is CCCC(CCCCP(C)(=O)O)c1ccc(C2=Nc3c(N)ncnc3OC23C=C3CC)cc1. The minimum Gasteiger partial charge on any atom is -0.454 e. The Balaban J connectivity index is 1.56. The van der Waals surface area contributed by atoms with E-state index in [9.17, 15) is 9.46 Å². The minimum absolute atomic E-state index is 0.310. The lowest BCUT2D eigenvalue weighted by Crippen LogP contribution is -2.37. The number of benzene rings is 1. The van der Waals surface area contributed by atoms with Gasteiger partial charge in [0.25, 0.3) is 0 Å². The first-order valence-corrected chi connectivity index (χ1v) is 14.1. The molecule has 1 aliphatic carbocycles. The molecule has 2 heterocycles. The number of aliphatic imine (C=N–C) groups is 1. The highest BCUT2D eigenvalue weighted by Crippen LogP contribution is 2.50. The topological polar surface area (TPSA) is 111 Å². The zero-order valence-electron chi connectivity index (χ0n) is 19.6. The molecule has 0 radical (unpaired) electrons. The third-order valence-corrected chi connectivity index (χ3v) is 7.62. The summed E-state index contributed by atoms with van der Waals surface area (Å²) in [6.07, 6.45) is 9.73. The van der Waals surface area contributed by atoms with Gasteiger partial charge in [0.2, 0.25) is 5.88 Å². The fourth-order valence-electron chi connectivity index (χ4n) is 4.65. The number of hydrogen-bond donors (Lipinski definition) is 2. The molecule has 176 valence electrons. The summed E-state index contributed by atoms with van der Waals surface area (Å²) < 4.78 is 17.9. The molecule has 1 aliphatic heterocycles. The summed E-state index contributed by atoms with van der Waals surface area (Å²) in [6, 6.07) is 8.58. The average molecular weight is 469 g/mol. The van der Waals surface area contributed by atoms with Crippen molar-refractivity contribution in [2.75, 3.05) is 18.6 Å². The van der Waals surface area contributed by atoms with Gasteiger partial charge in [-0.3, -0.25) is 4.57 Å². The second-order valence-electron chi connectivity index (χ2n) is 9.11. The smallest absolute Gasteiger partial charge is 0.246 e. The number of unbranched alkanes of at least 4 members (excludes halogenated alkanes) is 1. The van der Waals surface area contributed by atoms with Crippen molar-refractivity contribution in [3.8, 4) is 5.88 Å². The molecule has 7 nitrogen and oxygen atoms in total. The summed E-state index contributed by atoms with van der Waals surface area (Å²) in [7, 11) is -2.92. The molecule has 3 unspecified atom stereocenters. The Morgan fingerprint density at radius 1 is 1.15 bits per heavy atom. The van der Waals surface area contributed by atoms with Crippen molar-refractivity contribution in [1.29, 1.82) is 0 Å². The molecule has 2 aliphatic rings. The first-order chi connectivity index (χ1) is 15.8. The molecule has 8 heteroatoms. The third-order valence-electron chi connectivity index (χ3n) is 6.47. The molecule has 0 amide bonds. The first-order valence-electron chi connectivity index (χ1n) is 11.8. The summed E-state index contributed by atoms with van der Waals surface area (Å²) in [4.78, 5) is 22.7. The van der Waals surface area contributed by atoms with E-state index in [2.05, 4.69) is 54.2 Å². The molecule has 3 N–H and O–H groups in total. The van der Waals surface area contributed by atoms with E-state index in [1.165, 1.54) is 24.1 Å². The van der Waals surface area contributed by atoms with Crippen LogP contribution in [0.4, 0.5) is 11.5 Å². The van der Waals surface area contributed by atoms with Gasteiger partial charge in [0.15, 0.2) is 24.5 Å². The normalized spacial score (nSPS) is 21.5. The molecule has 0 bridgehead atoms. The predicted octanol–water partition coefficient (Wildman–Crippen LogP) is 5.62. The quantitative estimate of drug-likeness (QED) is 0.266. The van der Waals surface area contributed by atoms with Crippen LogP contribution < -0.4 is 10.5 Å². The number of nitrogen functional groups attached to an aromatic ring is 1. The van der Waals surface area contributed by atoms with Gasteiger partial charge in [-0.2, -0.15) is 4.98 Å². The summed E-state index contributed by atoms with van der Waals surface area (Å²) in [5.74, 6) is 1.17. The molecular formula is C25H33N4O3P. The Kier molecular flexibility index (Phi) is 6.73. The molecule has 0 saturated heterocycles. The lowest BCUT2D eigenvalue weighted by molar-refractivity contribution is 0.250. The van der Waals surface area contributed by atoms with Crippen molar-refractivity contribution in [2.24, 2.45) is 4.99 Å². The van der Waals surface area contributed by atoms with Crippen molar-refractivity contribution in [3.63, 3.8) is 0 Å². The number of nitrogens with zero attached hydrogens (tertiary/aromatic N) is 3. The Hall–Kier alpha value is -2.50. The van der Waals surface area contributed by atoms with Crippen LogP contribution in [0.25, 0.3) is 0 Å². The van der Waals surface area contributed by atoms with Gasteiger partial charge in [0.1, 0.15) is 12.0 Å². The van der Waals surface area contributed by atoms with Crippen LogP contribution in [0.3, 0.4) is 0 Å². The van der Waals surface area contributed by atoms with Crippen LogP contribution in [-0.4, -0.2) is 39.0 Å². The fraction of sp³-hybridized carbons (Fsp3) is 0.480. The van der Waals surface area contributed by atoms with Crippen LogP contribution in [0, 0.1) is 0 Å². The highest BCUT2D eigenvalue weighted by Gasteiger charge is 2.53. The largest absolute Gasteiger partial charge is 0.454 e. The zero-order valence-corrected chi connectivity index (χ0v) is 20.5. The summed E-state index contributed by atoms with van der Waals surface area (Å²) in [5.41, 5.74) is 10.2. The van der Waals surface area contributed by atoms with Crippen LogP contribution >= 0.6 is 7.37 Å². The van der Waals surface area contributed by atoms with Crippen molar-refractivity contribution >= 4 is 24.6 Å². The standard InChI is InChI=1S/C25H33N4O3P/c1-4-8-17(9-6-7-14-33(3,30)31)18-10-12-19(13-11-18)22-25(15-20(25)5-2)32-24-21(29-22)23(26)27-16-28-24/h10-13,15-17H,4-9,14H2,1-3H3,(H,30,31)(H2,26,27,28). The molecule has 0 saturated carbocycles.